The van der Waals surface area contributed by atoms with Crippen molar-refractivity contribution in [3.8, 4) is 0 Å². The Bertz CT molecular complexity index is 385. The van der Waals surface area contributed by atoms with E-state index in [4.69, 9.17) is 11.6 Å². The number of aromatic nitrogens is 1. The highest BCUT2D eigenvalue weighted by Crippen LogP contribution is 2.29. The minimum atomic E-state index is -0.606. The molecule has 1 aliphatic heterocycles. The highest BCUT2D eigenvalue weighted by molar-refractivity contribution is 9.10. The van der Waals surface area contributed by atoms with E-state index >= 15 is 0 Å². The van der Waals surface area contributed by atoms with Crippen molar-refractivity contribution in [3.63, 3.8) is 0 Å². The lowest BCUT2D eigenvalue weighted by Gasteiger charge is -2.22. The molecule has 1 aromatic rings. The van der Waals surface area contributed by atoms with Crippen molar-refractivity contribution in [2.24, 2.45) is 0 Å². The maximum Gasteiger partial charge on any atom is 0.140 e. The number of rotatable bonds is 3. The molecule has 1 aromatic heterocycles. The van der Waals surface area contributed by atoms with E-state index in [0.717, 1.165) is 28.2 Å². The molecule has 1 unspecified atom stereocenters. The Hall–Kier alpha value is 0.0300. The van der Waals surface area contributed by atoms with E-state index in [1.165, 1.54) is 0 Å². The standard InChI is InChI=1S/C10H12BrClN2OS/c11-8-3-7(12)4-13-9(8)14-5-10(15)1-2-16-6-10/h3-4,15H,1-2,5-6H2,(H,13,14). The van der Waals surface area contributed by atoms with Gasteiger partial charge in [0.15, 0.2) is 0 Å². The predicted octanol–water partition coefficient (Wildman–Crippen LogP) is 2.78. The zero-order chi connectivity index (χ0) is 11.6. The lowest BCUT2D eigenvalue weighted by Crippen LogP contribution is -2.36. The Labute approximate surface area is 112 Å². The van der Waals surface area contributed by atoms with Crippen LogP contribution in [0.5, 0.6) is 0 Å². The van der Waals surface area contributed by atoms with Gasteiger partial charge < -0.3 is 10.4 Å². The number of hydrogen-bond donors (Lipinski definition) is 2. The third kappa shape index (κ3) is 3.03. The van der Waals surface area contributed by atoms with Crippen molar-refractivity contribution in [1.29, 1.82) is 0 Å². The predicted molar refractivity (Wildman–Crippen MR) is 72.3 cm³/mol. The van der Waals surface area contributed by atoms with Crippen LogP contribution in [0.2, 0.25) is 5.02 Å². The number of aliphatic hydroxyl groups is 1. The van der Waals surface area contributed by atoms with Gasteiger partial charge >= 0.3 is 0 Å². The number of thioether (sulfide) groups is 1. The minimum absolute atomic E-state index is 0.521. The number of anilines is 1. The quantitative estimate of drug-likeness (QED) is 0.898. The summed E-state index contributed by atoms with van der Waals surface area (Å²) in [5.41, 5.74) is -0.606. The van der Waals surface area contributed by atoms with Crippen LogP contribution in [-0.2, 0) is 0 Å². The van der Waals surface area contributed by atoms with E-state index < -0.39 is 5.60 Å². The molecule has 2 heterocycles. The summed E-state index contributed by atoms with van der Waals surface area (Å²) in [6.07, 6.45) is 2.41. The van der Waals surface area contributed by atoms with Gasteiger partial charge in [0.05, 0.1) is 15.1 Å². The SMILES string of the molecule is OC1(CNc2ncc(Cl)cc2Br)CCSC1. The molecule has 0 aromatic carbocycles. The summed E-state index contributed by atoms with van der Waals surface area (Å²) in [6.45, 7) is 0.521. The molecule has 0 bridgehead atoms. The van der Waals surface area contributed by atoms with Gasteiger partial charge in [0.1, 0.15) is 5.82 Å². The zero-order valence-electron chi connectivity index (χ0n) is 8.54. The second-order valence-electron chi connectivity index (χ2n) is 3.86. The van der Waals surface area contributed by atoms with E-state index in [0.29, 0.717) is 11.6 Å². The summed E-state index contributed by atoms with van der Waals surface area (Å²) in [6, 6.07) is 1.78. The van der Waals surface area contributed by atoms with Crippen LogP contribution < -0.4 is 5.32 Å². The lowest BCUT2D eigenvalue weighted by molar-refractivity contribution is 0.0819. The van der Waals surface area contributed by atoms with Gasteiger partial charge in [-0.3, -0.25) is 0 Å². The van der Waals surface area contributed by atoms with E-state index in [9.17, 15) is 5.11 Å². The van der Waals surface area contributed by atoms with Gasteiger partial charge in [0.2, 0.25) is 0 Å². The van der Waals surface area contributed by atoms with Crippen molar-refractivity contribution in [3.05, 3.63) is 21.8 Å². The van der Waals surface area contributed by atoms with Gasteiger partial charge in [0.25, 0.3) is 0 Å². The molecule has 88 valence electrons. The molecule has 0 amide bonds. The summed E-state index contributed by atoms with van der Waals surface area (Å²) in [7, 11) is 0. The Morgan fingerprint density at radius 3 is 3.12 bits per heavy atom. The minimum Gasteiger partial charge on any atom is -0.387 e. The van der Waals surface area contributed by atoms with Crippen LogP contribution in [0.1, 0.15) is 6.42 Å². The second kappa shape index (κ2) is 5.12. The monoisotopic (exact) mass is 322 g/mol. The maximum atomic E-state index is 10.1. The first-order chi connectivity index (χ1) is 7.59. The summed E-state index contributed by atoms with van der Waals surface area (Å²) in [5.74, 6) is 2.52. The topological polar surface area (TPSA) is 45.1 Å². The summed E-state index contributed by atoms with van der Waals surface area (Å²) < 4.78 is 0.814. The van der Waals surface area contributed by atoms with E-state index in [-0.39, 0.29) is 0 Å². The Kier molecular flexibility index (Phi) is 4.00. The normalized spacial score (nSPS) is 24.7. The fraction of sp³-hybridized carbons (Fsp3) is 0.500. The maximum absolute atomic E-state index is 10.1. The molecular weight excluding hydrogens is 312 g/mol. The van der Waals surface area contributed by atoms with Gasteiger partial charge in [-0.15, -0.1) is 0 Å². The van der Waals surface area contributed by atoms with Crippen LogP contribution in [0.4, 0.5) is 5.82 Å². The average Bonchev–Trinajstić information content (AvgIpc) is 2.64. The lowest BCUT2D eigenvalue weighted by atomic mass is 10.0. The molecule has 1 fully saturated rings. The Morgan fingerprint density at radius 1 is 1.69 bits per heavy atom. The number of hydrogen-bond acceptors (Lipinski definition) is 4. The van der Waals surface area contributed by atoms with E-state index in [2.05, 4.69) is 26.2 Å². The van der Waals surface area contributed by atoms with E-state index in [1.54, 1.807) is 24.0 Å². The molecule has 0 aliphatic carbocycles. The van der Waals surface area contributed by atoms with Gasteiger partial charge in [-0.05, 0) is 34.2 Å². The summed E-state index contributed by atoms with van der Waals surface area (Å²) in [4.78, 5) is 4.16. The molecule has 0 spiro atoms. The summed E-state index contributed by atoms with van der Waals surface area (Å²) in [5, 5.41) is 13.9. The van der Waals surface area contributed by atoms with Gasteiger partial charge in [-0.2, -0.15) is 11.8 Å². The molecule has 1 saturated heterocycles. The van der Waals surface area contributed by atoms with Crippen LogP contribution in [0.15, 0.2) is 16.7 Å². The van der Waals surface area contributed by atoms with Gasteiger partial charge in [-0.1, -0.05) is 11.6 Å². The Balaban J connectivity index is 1.99. The fourth-order valence-electron chi connectivity index (χ4n) is 1.53. The van der Waals surface area contributed by atoms with E-state index in [1.807, 2.05) is 0 Å². The molecule has 6 heteroatoms. The first-order valence-corrected chi connectivity index (χ1v) is 7.27. The first kappa shape index (κ1) is 12.5. The number of nitrogens with zero attached hydrogens (tertiary/aromatic N) is 1. The molecule has 2 N–H and O–H groups in total. The largest absolute Gasteiger partial charge is 0.387 e. The van der Waals surface area contributed by atoms with Gasteiger partial charge in [-0.25, -0.2) is 4.98 Å². The molecule has 3 nitrogen and oxygen atoms in total. The number of pyridine rings is 1. The molecular formula is C10H12BrClN2OS. The fourth-order valence-corrected chi connectivity index (χ4v) is 3.60. The summed E-state index contributed by atoms with van der Waals surface area (Å²) >= 11 is 11.0. The van der Waals surface area contributed by atoms with Crippen LogP contribution in [0, 0.1) is 0 Å². The molecule has 1 atom stereocenters. The highest BCUT2D eigenvalue weighted by atomic mass is 79.9. The molecule has 16 heavy (non-hydrogen) atoms. The molecule has 0 radical (unpaired) electrons. The number of nitrogens with one attached hydrogen (secondary N) is 1. The van der Waals surface area contributed by atoms with Crippen molar-refractivity contribution < 1.29 is 5.11 Å². The average molecular weight is 324 g/mol. The third-order valence-corrected chi connectivity index (χ3v) is 4.52. The molecule has 2 rings (SSSR count). The van der Waals surface area contributed by atoms with Crippen molar-refractivity contribution in [2.75, 3.05) is 23.4 Å². The van der Waals surface area contributed by atoms with Crippen LogP contribution in [-0.4, -0.2) is 33.7 Å². The van der Waals surface area contributed by atoms with Crippen LogP contribution >= 0.6 is 39.3 Å². The third-order valence-electron chi connectivity index (χ3n) is 2.48. The van der Waals surface area contributed by atoms with Crippen LogP contribution in [0.25, 0.3) is 0 Å². The highest BCUT2D eigenvalue weighted by Gasteiger charge is 2.31. The molecule has 0 saturated carbocycles. The van der Waals surface area contributed by atoms with Gasteiger partial charge in [0, 0.05) is 18.5 Å². The molecule has 1 aliphatic rings. The number of halogens is 2. The smallest absolute Gasteiger partial charge is 0.140 e. The van der Waals surface area contributed by atoms with Crippen LogP contribution in [0.3, 0.4) is 0 Å². The second-order valence-corrected chi connectivity index (χ2v) is 6.26. The van der Waals surface area contributed by atoms with Crippen molar-refractivity contribution >= 4 is 45.1 Å². The first-order valence-electron chi connectivity index (χ1n) is 4.94. The Morgan fingerprint density at radius 2 is 2.50 bits per heavy atom. The van der Waals surface area contributed by atoms with Crippen molar-refractivity contribution in [1.82, 2.24) is 4.98 Å². The van der Waals surface area contributed by atoms with Crippen molar-refractivity contribution in [2.45, 2.75) is 12.0 Å². The zero-order valence-corrected chi connectivity index (χ0v) is 11.7.